The number of aliphatic hydroxyl groups is 1. The predicted octanol–water partition coefficient (Wildman–Crippen LogP) is 3.10. The van der Waals surface area contributed by atoms with Crippen molar-refractivity contribution in [1.82, 2.24) is 0 Å². The van der Waals surface area contributed by atoms with Crippen LogP contribution in [0, 0.1) is 0 Å². The maximum atomic E-state index is 8.52. The zero-order valence-corrected chi connectivity index (χ0v) is 8.61. The van der Waals surface area contributed by atoms with E-state index in [1.807, 2.05) is 5.37 Å². The molecule has 1 nitrogen and oxygen atoms in total. The SMILES string of the molecule is OCCCCCCCCCC=S. The standard InChI is InChI=1S/C10H20OS/c11-9-7-5-3-1-2-4-6-8-10-12/h10-11H,1-9H2. The molecule has 1 N–H and O–H groups in total. The molecule has 2 heteroatoms. The van der Waals surface area contributed by atoms with Crippen LogP contribution in [0.3, 0.4) is 0 Å². The third-order valence-corrected chi connectivity index (χ3v) is 2.22. The van der Waals surface area contributed by atoms with Gasteiger partial charge >= 0.3 is 0 Å². The molecule has 0 aromatic heterocycles. The molecule has 0 saturated carbocycles. The monoisotopic (exact) mass is 188 g/mol. The van der Waals surface area contributed by atoms with Gasteiger partial charge in [-0.3, -0.25) is 0 Å². The van der Waals surface area contributed by atoms with Gasteiger partial charge in [0.2, 0.25) is 0 Å². The maximum absolute atomic E-state index is 8.52. The lowest BCUT2D eigenvalue weighted by Gasteiger charge is -1.98. The van der Waals surface area contributed by atoms with Crippen molar-refractivity contribution in [2.75, 3.05) is 6.61 Å². The van der Waals surface area contributed by atoms with Crippen LogP contribution < -0.4 is 0 Å². The highest BCUT2D eigenvalue weighted by molar-refractivity contribution is 7.78. The molecule has 0 unspecified atom stereocenters. The summed E-state index contributed by atoms with van der Waals surface area (Å²) in [7, 11) is 0. The van der Waals surface area contributed by atoms with E-state index in [9.17, 15) is 0 Å². The summed E-state index contributed by atoms with van der Waals surface area (Å²) in [5.41, 5.74) is 0. The fourth-order valence-corrected chi connectivity index (χ4v) is 1.39. The number of hydrogen-bond donors (Lipinski definition) is 1. The Morgan fingerprint density at radius 1 is 0.833 bits per heavy atom. The molecule has 0 atom stereocenters. The Morgan fingerprint density at radius 3 is 1.83 bits per heavy atom. The van der Waals surface area contributed by atoms with Crippen molar-refractivity contribution < 1.29 is 5.11 Å². The predicted molar refractivity (Wildman–Crippen MR) is 57.7 cm³/mol. The molecule has 0 aliphatic carbocycles. The molecule has 0 aliphatic heterocycles. The fraction of sp³-hybridized carbons (Fsp3) is 0.900. The average Bonchev–Trinajstić information content (AvgIpc) is 2.10. The minimum atomic E-state index is 0.352. The quantitative estimate of drug-likeness (QED) is 0.443. The molecular formula is C10H20OS. The number of thiocarbonyl (C=S) groups is 1. The number of hydrogen-bond acceptors (Lipinski definition) is 2. The van der Waals surface area contributed by atoms with E-state index in [2.05, 4.69) is 0 Å². The molecule has 0 aromatic rings. The topological polar surface area (TPSA) is 20.2 Å². The first-order valence-electron chi connectivity index (χ1n) is 4.96. The summed E-state index contributed by atoms with van der Waals surface area (Å²) in [6.45, 7) is 0.352. The lowest BCUT2D eigenvalue weighted by Crippen LogP contribution is -1.84. The second kappa shape index (κ2) is 11.1. The summed E-state index contributed by atoms with van der Waals surface area (Å²) in [4.78, 5) is 0. The van der Waals surface area contributed by atoms with Crippen molar-refractivity contribution in [3.05, 3.63) is 0 Å². The highest BCUT2D eigenvalue weighted by Crippen LogP contribution is 2.07. The van der Waals surface area contributed by atoms with E-state index < -0.39 is 0 Å². The molecule has 0 fully saturated rings. The van der Waals surface area contributed by atoms with Gasteiger partial charge in [0.25, 0.3) is 0 Å². The Morgan fingerprint density at radius 2 is 1.33 bits per heavy atom. The molecular weight excluding hydrogens is 168 g/mol. The third-order valence-electron chi connectivity index (χ3n) is 1.98. The van der Waals surface area contributed by atoms with E-state index in [0.29, 0.717) is 6.61 Å². The minimum Gasteiger partial charge on any atom is -0.396 e. The Bertz CT molecular complexity index is 93.8. The van der Waals surface area contributed by atoms with E-state index >= 15 is 0 Å². The van der Waals surface area contributed by atoms with E-state index in [1.165, 1.54) is 38.5 Å². The summed E-state index contributed by atoms with van der Waals surface area (Å²) in [6, 6.07) is 0. The van der Waals surface area contributed by atoms with Gasteiger partial charge in [0.05, 0.1) is 0 Å². The lowest BCUT2D eigenvalue weighted by molar-refractivity contribution is 0.282. The molecule has 0 rings (SSSR count). The molecule has 0 bridgehead atoms. The first-order valence-corrected chi connectivity index (χ1v) is 5.43. The fourth-order valence-electron chi connectivity index (χ4n) is 1.22. The first-order chi connectivity index (χ1) is 5.91. The van der Waals surface area contributed by atoms with Crippen molar-refractivity contribution in [3.63, 3.8) is 0 Å². The highest BCUT2D eigenvalue weighted by atomic mass is 32.1. The normalized spacial score (nSPS) is 10.1. The van der Waals surface area contributed by atoms with E-state index in [0.717, 1.165) is 12.8 Å². The second-order valence-electron chi connectivity index (χ2n) is 3.15. The van der Waals surface area contributed by atoms with Crippen LogP contribution in [0.15, 0.2) is 0 Å². The molecule has 0 radical (unpaired) electrons. The van der Waals surface area contributed by atoms with Crippen LogP contribution in [0.25, 0.3) is 0 Å². The second-order valence-corrected chi connectivity index (χ2v) is 3.49. The van der Waals surface area contributed by atoms with Crippen LogP contribution in [-0.4, -0.2) is 17.1 Å². The van der Waals surface area contributed by atoms with Crippen LogP contribution in [-0.2, 0) is 0 Å². The van der Waals surface area contributed by atoms with Crippen LogP contribution in [0.5, 0.6) is 0 Å². The van der Waals surface area contributed by atoms with Crippen LogP contribution in [0.4, 0.5) is 0 Å². The summed E-state index contributed by atoms with van der Waals surface area (Å²) in [5, 5.41) is 10.3. The van der Waals surface area contributed by atoms with Gasteiger partial charge in [0, 0.05) is 6.61 Å². The van der Waals surface area contributed by atoms with Crippen molar-refractivity contribution in [1.29, 1.82) is 0 Å². The molecule has 0 aromatic carbocycles. The molecule has 12 heavy (non-hydrogen) atoms. The van der Waals surface area contributed by atoms with Gasteiger partial charge in [0.1, 0.15) is 0 Å². The van der Waals surface area contributed by atoms with Crippen molar-refractivity contribution in [3.8, 4) is 0 Å². The van der Waals surface area contributed by atoms with E-state index in [4.69, 9.17) is 17.3 Å². The summed E-state index contributed by atoms with van der Waals surface area (Å²) < 4.78 is 0. The summed E-state index contributed by atoms with van der Waals surface area (Å²) >= 11 is 4.73. The highest BCUT2D eigenvalue weighted by Gasteiger charge is 1.89. The average molecular weight is 188 g/mol. The minimum absolute atomic E-state index is 0.352. The molecule has 0 aliphatic rings. The molecule has 0 heterocycles. The van der Waals surface area contributed by atoms with Gasteiger partial charge in [-0.2, -0.15) is 0 Å². The molecule has 72 valence electrons. The van der Waals surface area contributed by atoms with Crippen molar-refractivity contribution in [2.45, 2.75) is 51.4 Å². The number of rotatable bonds is 9. The Labute approximate surface area is 81.2 Å². The van der Waals surface area contributed by atoms with Gasteiger partial charge in [-0.25, -0.2) is 0 Å². The van der Waals surface area contributed by atoms with Crippen molar-refractivity contribution >= 4 is 17.6 Å². The Balaban J connectivity index is 2.77. The molecule has 0 spiro atoms. The summed E-state index contributed by atoms with van der Waals surface area (Å²) in [6.07, 6.45) is 9.73. The maximum Gasteiger partial charge on any atom is 0.0431 e. The Hall–Kier alpha value is 0.0500. The number of unbranched alkanes of at least 4 members (excludes halogenated alkanes) is 7. The zero-order valence-electron chi connectivity index (χ0n) is 7.80. The van der Waals surface area contributed by atoms with Gasteiger partial charge in [-0.05, 0) is 24.6 Å². The van der Waals surface area contributed by atoms with Gasteiger partial charge in [-0.15, -0.1) is 0 Å². The van der Waals surface area contributed by atoms with Gasteiger partial charge in [0.15, 0.2) is 0 Å². The van der Waals surface area contributed by atoms with Crippen LogP contribution in [0.1, 0.15) is 51.4 Å². The first kappa shape index (κ1) is 12.0. The molecule has 0 amide bonds. The smallest absolute Gasteiger partial charge is 0.0431 e. The van der Waals surface area contributed by atoms with Gasteiger partial charge in [-0.1, -0.05) is 44.3 Å². The number of aliphatic hydroxyl groups excluding tert-OH is 1. The van der Waals surface area contributed by atoms with Crippen LogP contribution >= 0.6 is 12.2 Å². The van der Waals surface area contributed by atoms with Crippen LogP contribution in [0.2, 0.25) is 0 Å². The van der Waals surface area contributed by atoms with E-state index in [1.54, 1.807) is 0 Å². The van der Waals surface area contributed by atoms with Crippen molar-refractivity contribution in [2.24, 2.45) is 0 Å². The van der Waals surface area contributed by atoms with E-state index in [-0.39, 0.29) is 0 Å². The zero-order chi connectivity index (χ0) is 9.07. The summed E-state index contributed by atoms with van der Waals surface area (Å²) in [5.74, 6) is 0. The van der Waals surface area contributed by atoms with Gasteiger partial charge < -0.3 is 5.11 Å². The molecule has 0 saturated heterocycles. The third kappa shape index (κ3) is 10.0. The lowest BCUT2D eigenvalue weighted by atomic mass is 10.1. The largest absolute Gasteiger partial charge is 0.396 e. The Kier molecular flexibility index (Phi) is 11.1.